The number of methoxy groups -OCH3 is 1. The zero-order chi connectivity index (χ0) is 22.5. The summed E-state index contributed by atoms with van der Waals surface area (Å²) in [5.74, 6) is 0.182. The molecule has 0 atom stereocenters. The Morgan fingerprint density at radius 3 is 2.58 bits per heavy atom. The van der Waals surface area contributed by atoms with E-state index in [1.807, 2.05) is 32.0 Å². The highest BCUT2D eigenvalue weighted by atomic mass is 16.5. The Morgan fingerprint density at radius 2 is 1.90 bits per heavy atom. The predicted octanol–water partition coefficient (Wildman–Crippen LogP) is 1.93. The van der Waals surface area contributed by atoms with E-state index in [2.05, 4.69) is 10.3 Å². The third kappa shape index (κ3) is 4.61. The number of aromatic nitrogens is 4. The smallest absolute Gasteiger partial charge is 0.333 e. The Hall–Kier alpha value is -3.20. The summed E-state index contributed by atoms with van der Waals surface area (Å²) in [5, 5.41) is 2.78. The van der Waals surface area contributed by atoms with Gasteiger partial charge in [-0.2, -0.15) is 0 Å². The van der Waals surface area contributed by atoms with Crippen LogP contribution in [0.2, 0.25) is 0 Å². The van der Waals surface area contributed by atoms with Crippen molar-refractivity contribution in [1.29, 1.82) is 0 Å². The summed E-state index contributed by atoms with van der Waals surface area (Å²) in [6, 6.07) is 7.49. The predicted molar refractivity (Wildman–Crippen MR) is 120 cm³/mol. The normalized spacial score (nSPS) is 11.2. The summed E-state index contributed by atoms with van der Waals surface area (Å²) >= 11 is 0. The number of benzene rings is 1. The lowest BCUT2D eigenvalue weighted by molar-refractivity contribution is -0.116. The Bertz CT molecular complexity index is 1210. The molecule has 1 aromatic carbocycles. The van der Waals surface area contributed by atoms with Crippen LogP contribution in [0.3, 0.4) is 0 Å². The number of hydrogen-bond donors (Lipinski definition) is 1. The van der Waals surface area contributed by atoms with E-state index in [9.17, 15) is 14.4 Å². The summed E-state index contributed by atoms with van der Waals surface area (Å²) < 4.78 is 9.35. The van der Waals surface area contributed by atoms with Crippen molar-refractivity contribution in [3.63, 3.8) is 0 Å². The maximum Gasteiger partial charge on any atom is 0.333 e. The molecule has 0 aliphatic rings. The van der Waals surface area contributed by atoms with Crippen LogP contribution >= 0.6 is 0 Å². The first-order chi connectivity index (χ1) is 14.9. The summed E-state index contributed by atoms with van der Waals surface area (Å²) in [6.45, 7) is 6.60. The SMILES string of the molecule is CCCn1c(=O)n(CC(=O)Nc2cccc(CC)c2)c(=O)c2c1nc(C)n2CCOC. The number of ether oxygens (including phenoxy) is 1. The minimum atomic E-state index is -0.534. The number of nitrogens with zero attached hydrogens (tertiary/aromatic N) is 4. The van der Waals surface area contributed by atoms with E-state index in [1.54, 1.807) is 24.7 Å². The molecule has 1 N–H and O–H groups in total. The average Bonchev–Trinajstić information content (AvgIpc) is 3.08. The van der Waals surface area contributed by atoms with Gasteiger partial charge in [0.15, 0.2) is 11.2 Å². The van der Waals surface area contributed by atoms with E-state index in [-0.39, 0.29) is 6.54 Å². The van der Waals surface area contributed by atoms with Gasteiger partial charge in [-0.15, -0.1) is 0 Å². The second kappa shape index (κ2) is 9.74. The lowest BCUT2D eigenvalue weighted by Crippen LogP contribution is -2.43. The fourth-order valence-corrected chi connectivity index (χ4v) is 3.63. The van der Waals surface area contributed by atoms with E-state index in [1.165, 1.54) is 4.57 Å². The lowest BCUT2D eigenvalue weighted by atomic mass is 10.1. The van der Waals surface area contributed by atoms with Crippen molar-refractivity contribution in [3.05, 3.63) is 56.5 Å². The van der Waals surface area contributed by atoms with Crippen LogP contribution < -0.4 is 16.6 Å². The first-order valence-electron chi connectivity index (χ1n) is 10.5. The monoisotopic (exact) mass is 427 g/mol. The number of rotatable bonds is 9. The number of hydrogen-bond acceptors (Lipinski definition) is 5. The fraction of sp³-hybridized carbons (Fsp3) is 0.455. The maximum atomic E-state index is 13.3. The van der Waals surface area contributed by atoms with Gasteiger partial charge in [0.05, 0.1) is 6.61 Å². The zero-order valence-electron chi connectivity index (χ0n) is 18.5. The molecule has 9 heteroatoms. The van der Waals surface area contributed by atoms with E-state index in [0.717, 1.165) is 16.6 Å². The zero-order valence-corrected chi connectivity index (χ0v) is 18.5. The Kier molecular flexibility index (Phi) is 7.06. The van der Waals surface area contributed by atoms with Crippen molar-refractivity contribution in [2.24, 2.45) is 0 Å². The van der Waals surface area contributed by atoms with Gasteiger partial charge in [0.2, 0.25) is 5.91 Å². The number of fused-ring (bicyclic) bond motifs is 1. The standard InChI is InChI=1S/C22H29N5O4/c1-5-10-26-20-19(25(11-12-31-4)15(3)23-20)21(29)27(22(26)30)14-18(28)24-17-9-7-8-16(6-2)13-17/h7-9,13H,5-6,10-12,14H2,1-4H3,(H,24,28). The molecule has 0 radical (unpaired) electrons. The first-order valence-corrected chi connectivity index (χ1v) is 10.5. The van der Waals surface area contributed by atoms with Gasteiger partial charge in [0.1, 0.15) is 12.4 Å². The van der Waals surface area contributed by atoms with Crippen LogP contribution in [0.5, 0.6) is 0 Å². The third-order valence-corrected chi connectivity index (χ3v) is 5.19. The van der Waals surface area contributed by atoms with Crippen molar-refractivity contribution in [2.45, 2.75) is 53.2 Å². The molecule has 2 heterocycles. The number of anilines is 1. The quantitative estimate of drug-likeness (QED) is 0.562. The van der Waals surface area contributed by atoms with Crippen LogP contribution in [0.4, 0.5) is 5.69 Å². The molecule has 1 amide bonds. The maximum absolute atomic E-state index is 13.3. The van der Waals surface area contributed by atoms with Crippen LogP contribution in [0.25, 0.3) is 11.2 Å². The molecule has 9 nitrogen and oxygen atoms in total. The van der Waals surface area contributed by atoms with Crippen molar-refractivity contribution < 1.29 is 9.53 Å². The molecule has 0 saturated heterocycles. The van der Waals surface area contributed by atoms with E-state index in [0.29, 0.717) is 48.8 Å². The number of carbonyl (C=O) groups excluding carboxylic acids is 1. The van der Waals surface area contributed by atoms with Gasteiger partial charge in [-0.05, 0) is 37.5 Å². The van der Waals surface area contributed by atoms with E-state index < -0.39 is 17.2 Å². The largest absolute Gasteiger partial charge is 0.383 e. The molecule has 0 spiro atoms. The summed E-state index contributed by atoms with van der Waals surface area (Å²) in [7, 11) is 1.58. The Balaban J connectivity index is 2.05. The number of imidazole rings is 1. The minimum Gasteiger partial charge on any atom is -0.383 e. The van der Waals surface area contributed by atoms with Crippen LogP contribution in [0, 0.1) is 6.92 Å². The van der Waals surface area contributed by atoms with Gasteiger partial charge < -0.3 is 14.6 Å². The van der Waals surface area contributed by atoms with Gasteiger partial charge >= 0.3 is 5.69 Å². The van der Waals surface area contributed by atoms with E-state index in [4.69, 9.17) is 4.74 Å². The molecule has 166 valence electrons. The van der Waals surface area contributed by atoms with Crippen molar-refractivity contribution >= 4 is 22.8 Å². The van der Waals surface area contributed by atoms with Gasteiger partial charge in [-0.25, -0.2) is 14.3 Å². The molecule has 31 heavy (non-hydrogen) atoms. The summed E-state index contributed by atoms with van der Waals surface area (Å²) in [5.41, 5.74) is 1.31. The number of amides is 1. The van der Waals surface area contributed by atoms with Crippen LogP contribution in [0.1, 0.15) is 31.7 Å². The topological polar surface area (TPSA) is 100 Å². The number of nitrogens with one attached hydrogen (secondary N) is 1. The highest BCUT2D eigenvalue weighted by Gasteiger charge is 2.21. The van der Waals surface area contributed by atoms with Gasteiger partial charge in [-0.3, -0.25) is 14.2 Å². The van der Waals surface area contributed by atoms with Crippen LogP contribution in [0.15, 0.2) is 33.9 Å². The van der Waals surface area contributed by atoms with Gasteiger partial charge in [0, 0.05) is 25.9 Å². The number of aryl methyl sites for hydroxylation is 3. The molecule has 3 rings (SSSR count). The molecular formula is C22H29N5O4. The molecule has 2 aromatic heterocycles. The molecule has 0 aliphatic carbocycles. The van der Waals surface area contributed by atoms with Gasteiger partial charge in [-0.1, -0.05) is 26.0 Å². The molecule has 0 unspecified atom stereocenters. The highest BCUT2D eigenvalue weighted by molar-refractivity contribution is 5.90. The fourth-order valence-electron chi connectivity index (χ4n) is 3.63. The van der Waals surface area contributed by atoms with Crippen molar-refractivity contribution in [2.75, 3.05) is 19.0 Å². The molecule has 0 aliphatic heterocycles. The number of carbonyl (C=O) groups is 1. The molecule has 3 aromatic rings. The first kappa shape index (κ1) is 22.5. The second-order valence-corrected chi connectivity index (χ2v) is 7.40. The van der Waals surface area contributed by atoms with Crippen LogP contribution in [-0.2, 0) is 35.6 Å². The molecule has 0 saturated carbocycles. The molecule has 0 bridgehead atoms. The van der Waals surface area contributed by atoms with Crippen molar-refractivity contribution in [1.82, 2.24) is 18.7 Å². The molecule has 0 fully saturated rings. The minimum absolute atomic E-state index is 0.309. The van der Waals surface area contributed by atoms with Crippen LogP contribution in [-0.4, -0.2) is 38.3 Å². The third-order valence-electron chi connectivity index (χ3n) is 5.19. The highest BCUT2D eigenvalue weighted by Crippen LogP contribution is 2.13. The Labute approximate surface area is 180 Å². The Morgan fingerprint density at radius 1 is 1.13 bits per heavy atom. The van der Waals surface area contributed by atoms with E-state index >= 15 is 0 Å². The van der Waals surface area contributed by atoms with Gasteiger partial charge in [0.25, 0.3) is 5.56 Å². The van der Waals surface area contributed by atoms with Crippen molar-refractivity contribution in [3.8, 4) is 0 Å². The average molecular weight is 428 g/mol. The summed E-state index contributed by atoms with van der Waals surface area (Å²) in [6.07, 6.45) is 1.53. The molecular weight excluding hydrogens is 398 g/mol. The second-order valence-electron chi connectivity index (χ2n) is 7.40. The summed E-state index contributed by atoms with van der Waals surface area (Å²) in [4.78, 5) is 43.5. The lowest BCUT2D eigenvalue weighted by Gasteiger charge is -2.12.